The smallest absolute Gasteiger partial charge is 0.693 e. The Morgan fingerprint density at radius 1 is 1.19 bits per heavy atom. The number of hydrogen-bond acceptors (Lipinski definition) is 2. The Bertz CT molecular complexity index is 750. The summed E-state index contributed by atoms with van der Waals surface area (Å²) in [5.74, 6) is -0.871. The minimum absolute atomic E-state index is 0. The van der Waals surface area contributed by atoms with Crippen molar-refractivity contribution in [3.8, 4) is 5.75 Å². The summed E-state index contributed by atoms with van der Waals surface area (Å²) in [5, 5.41) is 20.7. The van der Waals surface area contributed by atoms with Crippen LogP contribution in [-0.2, 0) is 27.5 Å². The van der Waals surface area contributed by atoms with Crippen LogP contribution in [0.5, 0.6) is 5.75 Å². The van der Waals surface area contributed by atoms with E-state index in [1.165, 1.54) is 5.57 Å². The number of aromatic hydroxyl groups is 1. The number of carboxylic acids is 1. The van der Waals surface area contributed by atoms with E-state index in [4.69, 9.17) is 0 Å². The van der Waals surface area contributed by atoms with Gasteiger partial charge in [0.05, 0.1) is 0 Å². The molecule has 8 heteroatoms. The fourth-order valence-corrected chi connectivity index (χ4v) is 4.21. The first-order chi connectivity index (χ1) is 12.3. The standard InChI is InChI=1S/C23H32O3.2H2N.2H2O.Pt/c1-6-7-8-9-17-13-16(5)20(22(24)21(17)23(25)26)19-12-15(4)10-11-18(19)14(2)3;;;;;/h12-13,18-19,24H,2,6-11H2,1,3-5H3,(H,25,26);4*1H2;/q;2*-1;;;+2. The van der Waals surface area contributed by atoms with E-state index in [-0.39, 0.29) is 67.5 Å². The van der Waals surface area contributed by atoms with Gasteiger partial charge in [-0.2, -0.15) is 0 Å². The average Bonchev–Trinajstić information content (AvgIpc) is 2.54. The Hall–Kier alpha value is -1.50. The molecule has 0 saturated carbocycles. The van der Waals surface area contributed by atoms with Gasteiger partial charge in [0.15, 0.2) is 0 Å². The fourth-order valence-electron chi connectivity index (χ4n) is 4.21. The fraction of sp³-hybridized carbons (Fsp3) is 0.522. The zero-order chi connectivity index (χ0) is 19.4. The van der Waals surface area contributed by atoms with E-state index in [9.17, 15) is 15.0 Å². The summed E-state index contributed by atoms with van der Waals surface area (Å²) in [6, 6.07) is 1.97. The van der Waals surface area contributed by atoms with E-state index in [0.717, 1.165) is 54.4 Å². The molecule has 1 aromatic rings. The van der Waals surface area contributed by atoms with Gasteiger partial charge in [-0.05, 0) is 63.5 Å². The molecule has 1 aromatic carbocycles. The van der Waals surface area contributed by atoms with Crippen molar-refractivity contribution in [1.82, 2.24) is 0 Å². The van der Waals surface area contributed by atoms with Gasteiger partial charge in [0, 0.05) is 11.5 Å². The number of benzene rings is 1. The second-order valence-electron chi connectivity index (χ2n) is 7.78. The number of nitrogens with two attached hydrogens (primary N) is 2. The molecular weight excluding hydrogens is 579 g/mol. The van der Waals surface area contributed by atoms with E-state index < -0.39 is 5.97 Å². The molecule has 1 aliphatic carbocycles. The molecular formula is C23H40N2O5Pt. The van der Waals surface area contributed by atoms with Gasteiger partial charge in [-0.1, -0.05) is 49.6 Å². The topological polar surface area (TPSA) is 188 Å². The summed E-state index contributed by atoms with van der Waals surface area (Å²) in [6.07, 6.45) is 7.96. The molecule has 0 heterocycles. The van der Waals surface area contributed by atoms with Gasteiger partial charge in [-0.15, -0.1) is 0 Å². The number of aryl methyl sites for hydroxylation is 2. The molecule has 10 N–H and O–H groups in total. The predicted molar refractivity (Wildman–Crippen MR) is 125 cm³/mol. The van der Waals surface area contributed by atoms with Gasteiger partial charge in [0.1, 0.15) is 11.3 Å². The molecule has 0 aliphatic heterocycles. The Balaban J connectivity index is -0.000000729. The third-order valence-corrected chi connectivity index (χ3v) is 5.61. The molecule has 0 bridgehead atoms. The third-order valence-electron chi connectivity index (χ3n) is 5.61. The Kier molecular flexibility index (Phi) is 19.2. The maximum absolute atomic E-state index is 11.9. The molecule has 2 unspecified atom stereocenters. The van der Waals surface area contributed by atoms with Crippen molar-refractivity contribution >= 4 is 5.97 Å². The first-order valence-electron chi connectivity index (χ1n) is 9.69. The van der Waals surface area contributed by atoms with Crippen molar-refractivity contribution in [2.75, 3.05) is 0 Å². The molecule has 0 fully saturated rings. The first kappa shape index (κ1) is 36.8. The predicted octanol–water partition coefficient (Wildman–Crippen LogP) is 5.93. The van der Waals surface area contributed by atoms with Crippen LogP contribution in [0.2, 0.25) is 0 Å². The second-order valence-corrected chi connectivity index (χ2v) is 7.78. The summed E-state index contributed by atoms with van der Waals surface area (Å²) in [6.45, 7) is 12.4. The molecule has 7 nitrogen and oxygen atoms in total. The maximum atomic E-state index is 11.9. The monoisotopic (exact) mass is 619 g/mol. The molecule has 2 atom stereocenters. The van der Waals surface area contributed by atoms with Gasteiger partial charge in [-0.3, -0.25) is 0 Å². The average molecular weight is 620 g/mol. The zero-order valence-corrected chi connectivity index (χ0v) is 21.3. The van der Waals surface area contributed by atoms with Crippen LogP contribution < -0.4 is 0 Å². The van der Waals surface area contributed by atoms with Crippen molar-refractivity contribution in [2.45, 2.75) is 72.1 Å². The van der Waals surface area contributed by atoms with Gasteiger partial charge in [0.25, 0.3) is 0 Å². The molecule has 0 radical (unpaired) electrons. The molecule has 31 heavy (non-hydrogen) atoms. The van der Waals surface area contributed by atoms with Crippen LogP contribution in [0.3, 0.4) is 0 Å². The summed E-state index contributed by atoms with van der Waals surface area (Å²) < 4.78 is 0. The molecule has 2 rings (SSSR count). The number of hydrogen-bond donors (Lipinski definition) is 2. The van der Waals surface area contributed by atoms with Crippen molar-refractivity contribution in [2.24, 2.45) is 5.92 Å². The van der Waals surface area contributed by atoms with Crippen LogP contribution in [0.4, 0.5) is 0 Å². The molecule has 0 saturated heterocycles. The normalized spacial score (nSPS) is 16.7. The molecule has 0 aromatic heterocycles. The number of carbonyl (C=O) groups is 1. The third kappa shape index (κ3) is 8.51. The number of unbranched alkanes of at least 4 members (excludes halogenated alkanes) is 2. The van der Waals surface area contributed by atoms with Gasteiger partial charge in [0.2, 0.25) is 0 Å². The van der Waals surface area contributed by atoms with Crippen LogP contribution in [0.1, 0.15) is 85.8 Å². The van der Waals surface area contributed by atoms with E-state index in [0.29, 0.717) is 6.42 Å². The van der Waals surface area contributed by atoms with E-state index >= 15 is 0 Å². The Morgan fingerprint density at radius 3 is 2.26 bits per heavy atom. The van der Waals surface area contributed by atoms with Crippen LogP contribution in [0.25, 0.3) is 12.3 Å². The Labute approximate surface area is 201 Å². The number of aromatic carboxylic acids is 1. The van der Waals surface area contributed by atoms with Gasteiger partial charge in [-0.25, -0.2) is 4.79 Å². The zero-order valence-electron chi connectivity index (χ0n) is 19.0. The number of allylic oxidation sites excluding steroid dienone is 3. The van der Waals surface area contributed by atoms with E-state index in [2.05, 4.69) is 26.5 Å². The van der Waals surface area contributed by atoms with Crippen LogP contribution >= 0.6 is 0 Å². The van der Waals surface area contributed by atoms with Crippen LogP contribution in [0.15, 0.2) is 29.9 Å². The summed E-state index contributed by atoms with van der Waals surface area (Å²) in [7, 11) is 0. The molecule has 0 spiro atoms. The van der Waals surface area contributed by atoms with Crippen molar-refractivity contribution in [3.63, 3.8) is 0 Å². The number of carboxylic acid groups (broad SMARTS) is 1. The van der Waals surface area contributed by atoms with Gasteiger partial charge < -0.3 is 33.5 Å². The van der Waals surface area contributed by atoms with Crippen LogP contribution in [0, 0.1) is 12.8 Å². The number of phenols is 1. The quantitative estimate of drug-likeness (QED) is 0.283. The maximum Gasteiger partial charge on any atom is 2.00 e. The van der Waals surface area contributed by atoms with Crippen molar-refractivity contribution in [3.05, 3.63) is 64.4 Å². The van der Waals surface area contributed by atoms with Crippen molar-refractivity contribution < 1.29 is 47.0 Å². The number of rotatable bonds is 7. The largest absolute Gasteiger partial charge is 2.00 e. The van der Waals surface area contributed by atoms with Crippen LogP contribution in [-0.4, -0.2) is 27.1 Å². The SMILES string of the molecule is C=C(C)C1CCC(C)=CC1c1c(C)cc(CCCCC)c(C(=O)O)c1O.O.O.[NH2-].[NH2-].[Pt+2]. The minimum atomic E-state index is -1.04. The summed E-state index contributed by atoms with van der Waals surface area (Å²) in [4.78, 5) is 11.9. The minimum Gasteiger partial charge on any atom is -0.693 e. The summed E-state index contributed by atoms with van der Waals surface area (Å²) in [5.41, 5.74) is 4.93. The van der Waals surface area contributed by atoms with Gasteiger partial charge >= 0.3 is 27.0 Å². The molecule has 1 aliphatic rings. The van der Waals surface area contributed by atoms with E-state index in [1.807, 2.05) is 19.9 Å². The molecule has 0 amide bonds. The summed E-state index contributed by atoms with van der Waals surface area (Å²) >= 11 is 0. The molecule has 182 valence electrons. The Morgan fingerprint density at radius 2 is 1.77 bits per heavy atom. The first-order valence-corrected chi connectivity index (χ1v) is 9.69. The van der Waals surface area contributed by atoms with Crippen molar-refractivity contribution in [1.29, 1.82) is 0 Å². The van der Waals surface area contributed by atoms with E-state index in [1.54, 1.807) is 0 Å². The second kappa shape index (κ2) is 16.2.